The van der Waals surface area contributed by atoms with Gasteiger partial charge in [0.1, 0.15) is 13.2 Å². The lowest BCUT2D eigenvalue weighted by Crippen LogP contribution is -2.17. The molecular formula is C18H18ClNO3S. The van der Waals surface area contributed by atoms with Crippen LogP contribution in [0.5, 0.6) is 11.5 Å². The number of benzene rings is 2. The van der Waals surface area contributed by atoms with Gasteiger partial charge >= 0.3 is 0 Å². The van der Waals surface area contributed by atoms with Gasteiger partial charge in [0, 0.05) is 22.3 Å². The van der Waals surface area contributed by atoms with Gasteiger partial charge in [-0.25, -0.2) is 0 Å². The van der Waals surface area contributed by atoms with Crippen molar-refractivity contribution in [1.29, 1.82) is 0 Å². The third-order valence-electron chi connectivity index (χ3n) is 3.37. The van der Waals surface area contributed by atoms with Crippen molar-refractivity contribution < 1.29 is 14.3 Å². The molecule has 1 heterocycles. The van der Waals surface area contributed by atoms with Crippen LogP contribution < -0.4 is 14.8 Å². The molecule has 0 unspecified atom stereocenters. The molecule has 0 spiro atoms. The molecule has 126 valence electrons. The molecule has 1 N–H and O–H groups in total. The topological polar surface area (TPSA) is 47.6 Å². The molecule has 0 aromatic heterocycles. The number of rotatable bonds is 4. The zero-order chi connectivity index (χ0) is 17.1. The number of amides is 1. The van der Waals surface area contributed by atoms with Crippen molar-refractivity contribution in [3.63, 3.8) is 0 Å². The summed E-state index contributed by atoms with van der Waals surface area (Å²) in [6.45, 7) is 5.17. The van der Waals surface area contributed by atoms with E-state index in [0.717, 1.165) is 4.90 Å². The molecule has 0 saturated heterocycles. The monoisotopic (exact) mass is 363 g/mol. The standard InChI is InChI=1S/C18H18ClNO3S/c1-11(2)24-17-6-4-3-5-12(17)18(21)20-14-10-16-15(9-13(14)19)22-7-8-23-16/h3-6,9-11H,7-8H2,1-2H3,(H,20,21). The van der Waals surface area contributed by atoms with E-state index in [0.29, 0.717) is 46.2 Å². The Morgan fingerprint density at radius 2 is 1.83 bits per heavy atom. The number of halogens is 1. The molecule has 3 rings (SSSR count). The molecule has 6 heteroatoms. The fourth-order valence-corrected chi connectivity index (χ4v) is 3.51. The molecule has 2 aromatic carbocycles. The highest BCUT2D eigenvalue weighted by molar-refractivity contribution is 8.00. The number of nitrogens with one attached hydrogen (secondary N) is 1. The first kappa shape index (κ1) is 17.0. The number of fused-ring (bicyclic) bond motifs is 1. The summed E-state index contributed by atoms with van der Waals surface area (Å²) in [6, 6.07) is 10.9. The van der Waals surface area contributed by atoms with Crippen molar-refractivity contribution in [1.82, 2.24) is 0 Å². The zero-order valence-corrected chi connectivity index (χ0v) is 15.0. The summed E-state index contributed by atoms with van der Waals surface area (Å²) >= 11 is 7.91. The van der Waals surface area contributed by atoms with Gasteiger partial charge in [-0.3, -0.25) is 4.79 Å². The van der Waals surface area contributed by atoms with Crippen molar-refractivity contribution in [3.8, 4) is 11.5 Å². The lowest BCUT2D eigenvalue weighted by atomic mass is 10.2. The Kier molecular flexibility index (Phi) is 5.21. The van der Waals surface area contributed by atoms with E-state index >= 15 is 0 Å². The van der Waals surface area contributed by atoms with Crippen molar-refractivity contribution in [2.75, 3.05) is 18.5 Å². The van der Waals surface area contributed by atoms with E-state index in [1.54, 1.807) is 23.9 Å². The van der Waals surface area contributed by atoms with Crippen molar-refractivity contribution in [2.45, 2.75) is 24.0 Å². The highest BCUT2D eigenvalue weighted by Crippen LogP contribution is 2.38. The van der Waals surface area contributed by atoms with E-state index in [9.17, 15) is 4.79 Å². The van der Waals surface area contributed by atoms with Gasteiger partial charge in [0.15, 0.2) is 11.5 Å². The molecule has 0 bridgehead atoms. The summed E-state index contributed by atoms with van der Waals surface area (Å²) in [6.07, 6.45) is 0. The maximum Gasteiger partial charge on any atom is 0.256 e. The summed E-state index contributed by atoms with van der Waals surface area (Å²) in [4.78, 5) is 13.6. The minimum atomic E-state index is -0.197. The Bertz CT molecular complexity index is 764. The third kappa shape index (κ3) is 3.79. The van der Waals surface area contributed by atoms with Crippen molar-refractivity contribution >= 4 is 35.0 Å². The van der Waals surface area contributed by atoms with Crippen LogP contribution in [0.1, 0.15) is 24.2 Å². The molecule has 0 aliphatic carbocycles. The minimum Gasteiger partial charge on any atom is -0.486 e. The normalized spacial score (nSPS) is 13.0. The second-order valence-electron chi connectivity index (χ2n) is 5.59. The predicted octanol–water partition coefficient (Wildman–Crippen LogP) is 4.86. The fourth-order valence-electron chi connectivity index (χ4n) is 2.36. The SMILES string of the molecule is CC(C)Sc1ccccc1C(=O)Nc1cc2c(cc1Cl)OCCO2. The number of carbonyl (C=O) groups excluding carboxylic acids is 1. The van der Waals surface area contributed by atoms with Crippen LogP contribution in [0.25, 0.3) is 0 Å². The first-order valence-electron chi connectivity index (χ1n) is 7.71. The first-order valence-corrected chi connectivity index (χ1v) is 8.96. The molecular weight excluding hydrogens is 346 g/mol. The van der Waals surface area contributed by atoms with Gasteiger partial charge in [-0.1, -0.05) is 37.6 Å². The van der Waals surface area contributed by atoms with Gasteiger partial charge in [-0.05, 0) is 12.1 Å². The van der Waals surface area contributed by atoms with Crippen LogP contribution in [0, 0.1) is 0 Å². The number of hydrogen-bond acceptors (Lipinski definition) is 4. The first-order chi connectivity index (χ1) is 11.5. The third-order valence-corrected chi connectivity index (χ3v) is 4.77. The van der Waals surface area contributed by atoms with E-state index in [1.165, 1.54) is 0 Å². The summed E-state index contributed by atoms with van der Waals surface area (Å²) in [5.74, 6) is 0.989. The van der Waals surface area contributed by atoms with E-state index in [1.807, 2.05) is 24.3 Å². The lowest BCUT2D eigenvalue weighted by molar-refractivity contribution is 0.102. The molecule has 0 atom stereocenters. The molecule has 0 saturated carbocycles. The second-order valence-corrected chi connectivity index (χ2v) is 7.62. The van der Waals surface area contributed by atoms with E-state index in [4.69, 9.17) is 21.1 Å². The van der Waals surface area contributed by atoms with Crippen LogP contribution in [0.3, 0.4) is 0 Å². The van der Waals surface area contributed by atoms with Gasteiger partial charge in [0.25, 0.3) is 5.91 Å². The van der Waals surface area contributed by atoms with Crippen LogP contribution in [0.2, 0.25) is 5.02 Å². The fraction of sp³-hybridized carbons (Fsp3) is 0.278. The van der Waals surface area contributed by atoms with Crippen LogP contribution in [0.4, 0.5) is 5.69 Å². The molecule has 1 amide bonds. The number of carbonyl (C=O) groups is 1. The Labute approximate surface area is 150 Å². The molecule has 2 aromatic rings. The van der Waals surface area contributed by atoms with Gasteiger partial charge < -0.3 is 14.8 Å². The molecule has 0 radical (unpaired) electrons. The Morgan fingerprint density at radius 1 is 1.17 bits per heavy atom. The Morgan fingerprint density at radius 3 is 2.54 bits per heavy atom. The highest BCUT2D eigenvalue weighted by atomic mass is 35.5. The Balaban J connectivity index is 1.85. The quantitative estimate of drug-likeness (QED) is 0.788. The summed E-state index contributed by atoms with van der Waals surface area (Å²) in [7, 11) is 0. The molecule has 0 fully saturated rings. The zero-order valence-electron chi connectivity index (χ0n) is 13.5. The van der Waals surface area contributed by atoms with Crippen molar-refractivity contribution in [2.24, 2.45) is 0 Å². The smallest absolute Gasteiger partial charge is 0.256 e. The van der Waals surface area contributed by atoms with E-state index in [2.05, 4.69) is 19.2 Å². The van der Waals surface area contributed by atoms with E-state index < -0.39 is 0 Å². The Hall–Kier alpha value is -1.85. The van der Waals surface area contributed by atoms with Crippen LogP contribution in [0.15, 0.2) is 41.3 Å². The minimum absolute atomic E-state index is 0.197. The number of hydrogen-bond donors (Lipinski definition) is 1. The number of thioether (sulfide) groups is 1. The largest absolute Gasteiger partial charge is 0.486 e. The van der Waals surface area contributed by atoms with Gasteiger partial charge in [0.2, 0.25) is 0 Å². The van der Waals surface area contributed by atoms with Crippen molar-refractivity contribution in [3.05, 3.63) is 47.0 Å². The molecule has 1 aliphatic heterocycles. The number of ether oxygens (including phenoxy) is 2. The molecule has 24 heavy (non-hydrogen) atoms. The maximum absolute atomic E-state index is 12.7. The molecule has 4 nitrogen and oxygen atoms in total. The number of anilines is 1. The van der Waals surface area contributed by atoms with Gasteiger partial charge in [0.05, 0.1) is 16.3 Å². The van der Waals surface area contributed by atoms with Crippen LogP contribution in [-0.2, 0) is 0 Å². The summed E-state index contributed by atoms with van der Waals surface area (Å²) < 4.78 is 11.0. The maximum atomic E-state index is 12.7. The van der Waals surface area contributed by atoms with Crippen LogP contribution in [-0.4, -0.2) is 24.4 Å². The predicted molar refractivity (Wildman–Crippen MR) is 97.8 cm³/mol. The average molecular weight is 364 g/mol. The summed E-state index contributed by atoms with van der Waals surface area (Å²) in [5, 5.41) is 3.67. The average Bonchev–Trinajstić information content (AvgIpc) is 2.55. The lowest BCUT2D eigenvalue weighted by Gasteiger charge is -2.20. The second kappa shape index (κ2) is 7.36. The van der Waals surface area contributed by atoms with Gasteiger partial charge in [-0.15, -0.1) is 11.8 Å². The van der Waals surface area contributed by atoms with Gasteiger partial charge in [-0.2, -0.15) is 0 Å². The van der Waals surface area contributed by atoms with E-state index in [-0.39, 0.29) is 5.91 Å². The van der Waals surface area contributed by atoms with Crippen LogP contribution >= 0.6 is 23.4 Å². The molecule has 1 aliphatic rings. The summed E-state index contributed by atoms with van der Waals surface area (Å²) in [5.41, 5.74) is 1.14. The highest BCUT2D eigenvalue weighted by Gasteiger charge is 2.18.